The summed E-state index contributed by atoms with van der Waals surface area (Å²) in [6.07, 6.45) is -0.316. The molecule has 0 atom stereocenters. The third kappa shape index (κ3) is 3.86. The van der Waals surface area contributed by atoms with Gasteiger partial charge in [-0.05, 0) is 18.1 Å². The summed E-state index contributed by atoms with van der Waals surface area (Å²) in [5, 5.41) is 2.97. The molecule has 2 aliphatic heterocycles. The van der Waals surface area contributed by atoms with E-state index < -0.39 is 11.6 Å². The predicted molar refractivity (Wildman–Crippen MR) is 113 cm³/mol. The molecule has 0 unspecified atom stereocenters. The number of piperazine rings is 1. The van der Waals surface area contributed by atoms with Gasteiger partial charge in [0.25, 0.3) is 5.91 Å². The lowest BCUT2D eigenvalue weighted by Crippen LogP contribution is -3.16. The van der Waals surface area contributed by atoms with E-state index in [1.54, 1.807) is 11.8 Å². The van der Waals surface area contributed by atoms with Gasteiger partial charge in [-0.1, -0.05) is 60.7 Å². The molecule has 2 fully saturated rings. The Morgan fingerprint density at radius 3 is 2.06 bits per heavy atom. The molecule has 4 amide bonds. The fourth-order valence-electron chi connectivity index (χ4n) is 4.26. The number of imide groups is 1. The Balaban J connectivity index is 1.54. The quantitative estimate of drug-likeness (QED) is 0.697. The average molecular weight is 423 g/mol. The van der Waals surface area contributed by atoms with Gasteiger partial charge in [0.2, 0.25) is 0 Å². The van der Waals surface area contributed by atoms with Gasteiger partial charge in [-0.25, -0.2) is 14.5 Å². The number of benzene rings is 2. The molecule has 2 N–H and O–H groups in total. The second-order valence-corrected chi connectivity index (χ2v) is 7.74. The monoisotopic (exact) mass is 423 g/mol. The average Bonchev–Trinajstić information content (AvgIpc) is 3.06. The molecule has 0 aliphatic carbocycles. The third-order valence-electron chi connectivity index (χ3n) is 5.90. The van der Waals surface area contributed by atoms with Crippen molar-refractivity contribution in [1.82, 2.24) is 15.1 Å². The van der Waals surface area contributed by atoms with E-state index in [-0.39, 0.29) is 18.7 Å². The summed E-state index contributed by atoms with van der Waals surface area (Å²) >= 11 is 0. The molecule has 8 heteroatoms. The van der Waals surface area contributed by atoms with Crippen molar-refractivity contribution >= 4 is 18.0 Å². The normalized spacial score (nSPS) is 18.7. The molecular formula is C23H27N4O4+. The molecule has 0 saturated carbocycles. The van der Waals surface area contributed by atoms with Crippen molar-refractivity contribution in [1.29, 1.82) is 0 Å². The number of hydrogen-bond donors (Lipinski definition) is 2. The number of ether oxygens (including phenoxy) is 1. The lowest BCUT2D eigenvalue weighted by molar-refractivity contribution is -0.911. The summed E-state index contributed by atoms with van der Waals surface area (Å²) in [5.74, 6) is -0.282. The van der Waals surface area contributed by atoms with Crippen LogP contribution >= 0.6 is 0 Å². The Morgan fingerprint density at radius 2 is 1.55 bits per heavy atom. The van der Waals surface area contributed by atoms with Crippen molar-refractivity contribution in [2.75, 3.05) is 39.5 Å². The van der Waals surface area contributed by atoms with Crippen LogP contribution in [-0.2, 0) is 15.1 Å². The Kier molecular flexibility index (Phi) is 5.90. The minimum Gasteiger partial charge on any atom is -0.450 e. The standard InChI is InChI=1S/C23H26N4O4/c1-2-31-22(30)26-15-13-25(14-16-26)17-27-20(28)23(24-21(27)29,18-9-5-3-6-10-18)19-11-7-4-8-12-19/h3-12H,2,13-17H2,1H3,(H,24,29)/p+1. The SMILES string of the molecule is CCOC(=O)N1CC[NH+](CN2C(=O)NC(c3ccccc3)(c3ccccc3)C2=O)CC1. The molecule has 2 heterocycles. The van der Waals surface area contributed by atoms with E-state index in [0.717, 1.165) is 16.0 Å². The van der Waals surface area contributed by atoms with Gasteiger partial charge in [-0.2, -0.15) is 0 Å². The number of rotatable bonds is 5. The summed E-state index contributed by atoms with van der Waals surface area (Å²) in [7, 11) is 0. The smallest absolute Gasteiger partial charge is 0.410 e. The topological polar surface area (TPSA) is 83.4 Å². The van der Waals surface area contributed by atoms with Crippen molar-refractivity contribution in [2.45, 2.75) is 12.5 Å². The van der Waals surface area contributed by atoms with Gasteiger partial charge in [-0.15, -0.1) is 0 Å². The van der Waals surface area contributed by atoms with Crippen LogP contribution in [0.15, 0.2) is 60.7 Å². The van der Waals surface area contributed by atoms with Crippen LogP contribution in [0.5, 0.6) is 0 Å². The highest BCUT2D eigenvalue weighted by Gasteiger charge is 2.54. The summed E-state index contributed by atoms with van der Waals surface area (Å²) in [6, 6.07) is 18.3. The van der Waals surface area contributed by atoms with Crippen LogP contribution in [0.1, 0.15) is 18.1 Å². The molecule has 2 aromatic rings. The summed E-state index contributed by atoms with van der Waals surface area (Å²) < 4.78 is 5.06. The number of hydrogen-bond acceptors (Lipinski definition) is 4. The molecule has 8 nitrogen and oxygen atoms in total. The molecule has 0 aromatic heterocycles. The molecule has 0 radical (unpaired) electrons. The van der Waals surface area contributed by atoms with Gasteiger partial charge in [0.05, 0.1) is 32.8 Å². The largest absolute Gasteiger partial charge is 0.450 e. The Morgan fingerprint density at radius 1 is 1.00 bits per heavy atom. The first-order valence-corrected chi connectivity index (χ1v) is 10.6. The van der Waals surface area contributed by atoms with Gasteiger partial charge in [0, 0.05) is 0 Å². The number of nitrogens with zero attached hydrogens (tertiary/aromatic N) is 2. The zero-order chi connectivity index (χ0) is 21.8. The van der Waals surface area contributed by atoms with Crippen LogP contribution in [0, 0.1) is 0 Å². The maximum absolute atomic E-state index is 13.7. The Hall–Kier alpha value is -3.39. The number of nitrogens with one attached hydrogen (secondary N) is 2. The number of amides is 4. The molecule has 31 heavy (non-hydrogen) atoms. The third-order valence-corrected chi connectivity index (χ3v) is 5.90. The van der Waals surface area contributed by atoms with Crippen LogP contribution in [0.25, 0.3) is 0 Å². The van der Waals surface area contributed by atoms with Crippen molar-refractivity contribution in [3.05, 3.63) is 71.8 Å². The van der Waals surface area contributed by atoms with Crippen LogP contribution < -0.4 is 10.2 Å². The number of carbonyl (C=O) groups is 3. The minimum absolute atomic E-state index is 0.253. The molecule has 2 aliphatic rings. The summed E-state index contributed by atoms with van der Waals surface area (Å²) in [6.45, 7) is 4.71. The van der Waals surface area contributed by atoms with Crippen LogP contribution in [0.3, 0.4) is 0 Å². The highest BCUT2D eigenvalue weighted by molar-refractivity contribution is 6.09. The van der Waals surface area contributed by atoms with Gasteiger partial charge >= 0.3 is 12.1 Å². The number of quaternary nitrogens is 1. The number of urea groups is 1. The van der Waals surface area contributed by atoms with E-state index in [2.05, 4.69) is 5.32 Å². The maximum atomic E-state index is 13.7. The second-order valence-electron chi connectivity index (χ2n) is 7.74. The van der Waals surface area contributed by atoms with E-state index in [0.29, 0.717) is 32.8 Å². The van der Waals surface area contributed by atoms with Crippen molar-refractivity contribution in [3.63, 3.8) is 0 Å². The highest BCUT2D eigenvalue weighted by Crippen LogP contribution is 2.35. The summed E-state index contributed by atoms with van der Waals surface area (Å²) in [4.78, 5) is 42.6. The number of carbonyl (C=O) groups excluding carboxylic acids is 3. The lowest BCUT2D eigenvalue weighted by atomic mass is 9.83. The van der Waals surface area contributed by atoms with Crippen molar-refractivity contribution in [3.8, 4) is 0 Å². The second kappa shape index (κ2) is 8.77. The fraction of sp³-hybridized carbons (Fsp3) is 0.348. The highest BCUT2D eigenvalue weighted by atomic mass is 16.6. The minimum atomic E-state index is -1.24. The van der Waals surface area contributed by atoms with Crippen LogP contribution in [-0.4, -0.2) is 67.3 Å². The van der Waals surface area contributed by atoms with Gasteiger partial charge in [0.15, 0.2) is 12.2 Å². The molecule has 0 spiro atoms. The zero-order valence-electron chi connectivity index (χ0n) is 17.5. The van der Waals surface area contributed by atoms with Crippen LogP contribution in [0.4, 0.5) is 9.59 Å². The van der Waals surface area contributed by atoms with E-state index in [1.807, 2.05) is 60.7 Å². The van der Waals surface area contributed by atoms with Gasteiger partial charge < -0.3 is 15.0 Å². The first kappa shape index (κ1) is 20.9. The molecule has 2 aromatic carbocycles. The van der Waals surface area contributed by atoms with Gasteiger partial charge in [0.1, 0.15) is 0 Å². The van der Waals surface area contributed by atoms with Crippen molar-refractivity contribution in [2.24, 2.45) is 0 Å². The molecule has 0 bridgehead atoms. The van der Waals surface area contributed by atoms with Crippen LogP contribution in [0.2, 0.25) is 0 Å². The van der Waals surface area contributed by atoms with E-state index in [9.17, 15) is 14.4 Å². The molecule has 2 saturated heterocycles. The zero-order valence-corrected chi connectivity index (χ0v) is 17.5. The van der Waals surface area contributed by atoms with Gasteiger partial charge in [-0.3, -0.25) is 9.69 Å². The maximum Gasteiger partial charge on any atom is 0.410 e. The van der Waals surface area contributed by atoms with E-state index >= 15 is 0 Å². The molecule has 4 rings (SSSR count). The van der Waals surface area contributed by atoms with E-state index in [4.69, 9.17) is 4.74 Å². The Labute approximate surface area is 181 Å². The summed E-state index contributed by atoms with van der Waals surface area (Å²) in [5.41, 5.74) is 0.208. The molecular weight excluding hydrogens is 396 g/mol. The predicted octanol–water partition coefficient (Wildman–Crippen LogP) is 0.797. The lowest BCUT2D eigenvalue weighted by Gasteiger charge is -2.33. The first-order valence-electron chi connectivity index (χ1n) is 10.6. The van der Waals surface area contributed by atoms with Crippen molar-refractivity contribution < 1.29 is 24.0 Å². The molecule has 162 valence electrons. The van der Waals surface area contributed by atoms with E-state index in [1.165, 1.54) is 4.90 Å². The first-order chi connectivity index (χ1) is 15.1. The Bertz CT molecular complexity index is 903. The fourth-order valence-corrected chi connectivity index (χ4v) is 4.26.